The largest absolute Gasteiger partial charge is 0.496 e. The first-order valence-electron chi connectivity index (χ1n) is 6.84. The van der Waals surface area contributed by atoms with Crippen LogP contribution in [0, 0.1) is 18.8 Å². The van der Waals surface area contributed by atoms with E-state index in [2.05, 4.69) is 26.8 Å². The molecule has 0 radical (unpaired) electrons. The zero-order chi connectivity index (χ0) is 13.3. The molecule has 2 rings (SSSR count). The highest BCUT2D eigenvalue weighted by molar-refractivity contribution is 5.41. The molecule has 2 heteroatoms. The lowest BCUT2D eigenvalue weighted by Gasteiger charge is -2.40. The van der Waals surface area contributed by atoms with Crippen LogP contribution in [0.2, 0.25) is 0 Å². The second kappa shape index (κ2) is 4.93. The van der Waals surface area contributed by atoms with Crippen molar-refractivity contribution in [1.29, 1.82) is 0 Å². The zero-order valence-corrected chi connectivity index (χ0v) is 11.9. The molecule has 1 saturated carbocycles. The van der Waals surface area contributed by atoms with E-state index in [1.165, 1.54) is 5.56 Å². The molecular formula is C16H24O2. The monoisotopic (exact) mass is 248 g/mol. The van der Waals surface area contributed by atoms with Crippen molar-refractivity contribution >= 4 is 0 Å². The van der Waals surface area contributed by atoms with E-state index in [0.29, 0.717) is 11.8 Å². The minimum absolute atomic E-state index is 0.550. The molecule has 0 bridgehead atoms. The Morgan fingerprint density at radius 3 is 2.61 bits per heavy atom. The summed E-state index contributed by atoms with van der Waals surface area (Å²) in [6.45, 7) is 6.57. The first kappa shape index (κ1) is 13.4. The number of benzene rings is 1. The van der Waals surface area contributed by atoms with E-state index in [9.17, 15) is 5.11 Å². The normalized spacial score (nSPS) is 32.3. The van der Waals surface area contributed by atoms with Crippen molar-refractivity contribution in [2.24, 2.45) is 11.8 Å². The van der Waals surface area contributed by atoms with E-state index >= 15 is 0 Å². The van der Waals surface area contributed by atoms with E-state index in [4.69, 9.17) is 4.74 Å². The molecule has 0 aliphatic heterocycles. The Hall–Kier alpha value is -1.02. The van der Waals surface area contributed by atoms with Gasteiger partial charge in [-0.2, -0.15) is 0 Å². The summed E-state index contributed by atoms with van der Waals surface area (Å²) in [5.41, 5.74) is 1.41. The quantitative estimate of drug-likeness (QED) is 0.865. The van der Waals surface area contributed by atoms with Crippen LogP contribution in [0.5, 0.6) is 5.75 Å². The number of ether oxygens (including phenoxy) is 1. The molecule has 0 spiro atoms. The Balaban J connectivity index is 2.37. The first-order valence-corrected chi connectivity index (χ1v) is 6.84. The molecule has 100 valence electrons. The minimum atomic E-state index is -0.719. The molecule has 1 aromatic rings. The average molecular weight is 248 g/mol. The molecule has 1 fully saturated rings. The van der Waals surface area contributed by atoms with Gasteiger partial charge in [-0.25, -0.2) is 0 Å². The van der Waals surface area contributed by atoms with Crippen LogP contribution < -0.4 is 4.74 Å². The summed E-state index contributed by atoms with van der Waals surface area (Å²) in [6.07, 6.45) is 2.74. The molecule has 0 amide bonds. The van der Waals surface area contributed by atoms with Gasteiger partial charge in [0, 0.05) is 5.56 Å². The lowest BCUT2D eigenvalue weighted by Crippen LogP contribution is -2.35. The van der Waals surface area contributed by atoms with Gasteiger partial charge in [0.05, 0.1) is 12.7 Å². The zero-order valence-electron chi connectivity index (χ0n) is 11.9. The Kier molecular flexibility index (Phi) is 3.67. The van der Waals surface area contributed by atoms with Crippen molar-refractivity contribution in [3.05, 3.63) is 29.3 Å². The molecule has 0 saturated heterocycles. The van der Waals surface area contributed by atoms with Gasteiger partial charge in [-0.1, -0.05) is 25.5 Å². The topological polar surface area (TPSA) is 29.5 Å². The molecule has 0 aromatic heterocycles. The standard InChI is InChI=1S/C16H24O2/c1-11-5-6-15(18-4)14(9-11)16(17)8-7-12(2)13(3)10-16/h5-6,9,12-13,17H,7-8,10H2,1-4H3. The third-order valence-electron chi connectivity index (χ3n) is 4.50. The second-order valence-corrected chi connectivity index (χ2v) is 5.93. The van der Waals surface area contributed by atoms with Gasteiger partial charge in [0.15, 0.2) is 0 Å². The molecule has 3 unspecified atom stereocenters. The van der Waals surface area contributed by atoms with Crippen LogP contribution >= 0.6 is 0 Å². The smallest absolute Gasteiger partial charge is 0.124 e. The fourth-order valence-electron chi connectivity index (χ4n) is 3.02. The van der Waals surface area contributed by atoms with Crippen LogP contribution in [-0.4, -0.2) is 12.2 Å². The van der Waals surface area contributed by atoms with E-state index in [1.54, 1.807) is 7.11 Å². The highest BCUT2D eigenvalue weighted by Crippen LogP contribution is 2.45. The van der Waals surface area contributed by atoms with Gasteiger partial charge in [0.25, 0.3) is 0 Å². The minimum Gasteiger partial charge on any atom is -0.496 e. The molecule has 18 heavy (non-hydrogen) atoms. The van der Waals surface area contributed by atoms with Gasteiger partial charge < -0.3 is 9.84 Å². The Morgan fingerprint density at radius 2 is 2.00 bits per heavy atom. The predicted octanol–water partition coefficient (Wildman–Crippen LogP) is 3.65. The number of hydrogen-bond donors (Lipinski definition) is 1. The molecule has 1 aliphatic rings. The summed E-state index contributed by atoms with van der Waals surface area (Å²) < 4.78 is 5.42. The molecule has 3 atom stereocenters. The molecule has 1 aromatic carbocycles. The van der Waals surface area contributed by atoms with E-state index in [1.807, 2.05) is 12.1 Å². The van der Waals surface area contributed by atoms with Gasteiger partial charge in [-0.15, -0.1) is 0 Å². The van der Waals surface area contributed by atoms with E-state index < -0.39 is 5.60 Å². The van der Waals surface area contributed by atoms with Gasteiger partial charge in [-0.3, -0.25) is 0 Å². The summed E-state index contributed by atoms with van der Waals surface area (Å²) in [4.78, 5) is 0. The number of rotatable bonds is 2. The van der Waals surface area contributed by atoms with Crippen LogP contribution in [-0.2, 0) is 5.60 Å². The summed E-state index contributed by atoms with van der Waals surface area (Å²) in [7, 11) is 1.67. The lowest BCUT2D eigenvalue weighted by atomic mass is 9.70. The molecule has 1 aliphatic carbocycles. The maximum atomic E-state index is 11.0. The summed E-state index contributed by atoms with van der Waals surface area (Å²) in [6, 6.07) is 6.06. The Morgan fingerprint density at radius 1 is 1.28 bits per heavy atom. The van der Waals surface area contributed by atoms with Crippen LogP contribution in [0.3, 0.4) is 0 Å². The Bertz CT molecular complexity index is 427. The molecule has 1 N–H and O–H groups in total. The summed E-state index contributed by atoms with van der Waals surface area (Å²) in [5, 5.41) is 11.0. The highest BCUT2D eigenvalue weighted by Gasteiger charge is 2.39. The third kappa shape index (κ3) is 2.39. The van der Waals surface area contributed by atoms with Crippen molar-refractivity contribution in [3.8, 4) is 5.75 Å². The number of aliphatic hydroxyl groups is 1. The Labute approximate surface area is 110 Å². The predicted molar refractivity (Wildman–Crippen MR) is 73.8 cm³/mol. The lowest BCUT2D eigenvalue weighted by molar-refractivity contribution is -0.0351. The second-order valence-electron chi connectivity index (χ2n) is 5.93. The molecule has 0 heterocycles. The fraction of sp³-hybridized carbons (Fsp3) is 0.625. The average Bonchev–Trinajstić information content (AvgIpc) is 2.34. The first-order chi connectivity index (χ1) is 8.46. The summed E-state index contributed by atoms with van der Waals surface area (Å²) in [5.74, 6) is 2.06. The highest BCUT2D eigenvalue weighted by atomic mass is 16.5. The van der Waals surface area contributed by atoms with Gasteiger partial charge >= 0.3 is 0 Å². The van der Waals surface area contributed by atoms with E-state index in [0.717, 1.165) is 30.6 Å². The summed E-state index contributed by atoms with van der Waals surface area (Å²) >= 11 is 0. The van der Waals surface area contributed by atoms with Crippen LogP contribution in [0.4, 0.5) is 0 Å². The van der Waals surface area contributed by atoms with Crippen molar-refractivity contribution in [2.45, 2.75) is 45.6 Å². The third-order valence-corrected chi connectivity index (χ3v) is 4.50. The van der Waals surface area contributed by atoms with Crippen molar-refractivity contribution < 1.29 is 9.84 Å². The molecular weight excluding hydrogens is 224 g/mol. The van der Waals surface area contributed by atoms with Gasteiger partial charge in [0.1, 0.15) is 5.75 Å². The number of methoxy groups -OCH3 is 1. The van der Waals surface area contributed by atoms with Crippen LogP contribution in [0.1, 0.15) is 44.2 Å². The number of hydrogen-bond acceptors (Lipinski definition) is 2. The molecule has 2 nitrogen and oxygen atoms in total. The van der Waals surface area contributed by atoms with E-state index in [-0.39, 0.29) is 0 Å². The van der Waals surface area contributed by atoms with Crippen molar-refractivity contribution in [2.75, 3.05) is 7.11 Å². The van der Waals surface area contributed by atoms with Gasteiger partial charge in [-0.05, 0) is 50.2 Å². The maximum Gasteiger partial charge on any atom is 0.124 e. The van der Waals surface area contributed by atoms with Crippen LogP contribution in [0.25, 0.3) is 0 Å². The maximum absolute atomic E-state index is 11.0. The fourth-order valence-corrected chi connectivity index (χ4v) is 3.02. The van der Waals surface area contributed by atoms with Gasteiger partial charge in [0.2, 0.25) is 0 Å². The number of aryl methyl sites for hydroxylation is 1. The van der Waals surface area contributed by atoms with Crippen molar-refractivity contribution in [3.63, 3.8) is 0 Å². The van der Waals surface area contributed by atoms with Crippen molar-refractivity contribution in [1.82, 2.24) is 0 Å². The SMILES string of the molecule is COc1ccc(C)cc1C1(O)CCC(C)C(C)C1. The van der Waals surface area contributed by atoms with Crippen LogP contribution in [0.15, 0.2) is 18.2 Å².